The summed E-state index contributed by atoms with van der Waals surface area (Å²) >= 11 is 0. The Morgan fingerprint density at radius 2 is 2.23 bits per heavy atom. The van der Waals surface area contributed by atoms with Gasteiger partial charge < -0.3 is 15.3 Å². The number of rotatable bonds is 4. The zero-order valence-corrected chi connectivity index (χ0v) is 12.7. The first-order valence-corrected chi connectivity index (χ1v) is 7.54. The van der Waals surface area contributed by atoms with Crippen molar-refractivity contribution in [2.75, 3.05) is 19.6 Å². The molecule has 7 heteroatoms. The third-order valence-electron chi connectivity index (χ3n) is 3.63. The first-order chi connectivity index (χ1) is 10.6. The van der Waals surface area contributed by atoms with E-state index in [2.05, 4.69) is 15.2 Å². The highest BCUT2D eigenvalue weighted by Crippen LogP contribution is 2.14. The molecule has 2 rings (SSSR count). The van der Waals surface area contributed by atoms with E-state index < -0.39 is 4.92 Å². The second kappa shape index (κ2) is 7.74. The molecular formula is C15H22N4O3. The molecule has 0 aliphatic carbocycles. The van der Waals surface area contributed by atoms with Crippen LogP contribution in [-0.2, 0) is 6.54 Å². The highest BCUT2D eigenvalue weighted by molar-refractivity contribution is 5.80. The number of non-ortho nitro benzene ring substituents is 1. The lowest BCUT2D eigenvalue weighted by Gasteiger charge is -2.32. The molecule has 1 aromatic rings. The van der Waals surface area contributed by atoms with Crippen LogP contribution in [0.2, 0.25) is 0 Å². The number of benzene rings is 1. The van der Waals surface area contributed by atoms with Gasteiger partial charge in [0.25, 0.3) is 5.69 Å². The molecule has 2 N–H and O–H groups in total. The van der Waals surface area contributed by atoms with Crippen molar-refractivity contribution in [3.05, 3.63) is 39.9 Å². The summed E-state index contributed by atoms with van der Waals surface area (Å²) in [5.74, 6) is 0.793. The first kappa shape index (κ1) is 16.2. The largest absolute Gasteiger partial charge is 0.393 e. The number of aliphatic imine (C=N–C) groups is 1. The Bertz CT molecular complexity index is 539. The zero-order chi connectivity index (χ0) is 15.9. The van der Waals surface area contributed by atoms with E-state index in [0.717, 1.165) is 44.0 Å². The fourth-order valence-electron chi connectivity index (χ4n) is 2.44. The smallest absolute Gasteiger partial charge is 0.269 e. The number of aliphatic hydroxyl groups excluding tert-OH is 1. The maximum atomic E-state index is 10.8. The summed E-state index contributed by atoms with van der Waals surface area (Å²) in [6, 6.07) is 6.53. The molecule has 1 aliphatic heterocycles. The lowest BCUT2D eigenvalue weighted by atomic mass is 10.1. The number of likely N-dealkylation sites (tertiary alicyclic amines) is 1. The number of piperidine rings is 1. The summed E-state index contributed by atoms with van der Waals surface area (Å²) in [5.41, 5.74) is 0.889. The van der Waals surface area contributed by atoms with E-state index in [-0.39, 0.29) is 11.8 Å². The summed E-state index contributed by atoms with van der Waals surface area (Å²) < 4.78 is 0. The van der Waals surface area contributed by atoms with Gasteiger partial charge in [0.15, 0.2) is 5.96 Å². The van der Waals surface area contributed by atoms with Gasteiger partial charge in [-0.1, -0.05) is 12.1 Å². The lowest BCUT2D eigenvalue weighted by Crippen LogP contribution is -2.46. The van der Waals surface area contributed by atoms with Gasteiger partial charge in [-0.05, 0) is 25.3 Å². The van der Waals surface area contributed by atoms with Crippen molar-refractivity contribution < 1.29 is 10.0 Å². The van der Waals surface area contributed by atoms with E-state index in [1.807, 2.05) is 13.0 Å². The molecule has 0 bridgehead atoms. The number of nitrogens with zero attached hydrogens (tertiary/aromatic N) is 3. The van der Waals surface area contributed by atoms with Crippen molar-refractivity contribution in [2.24, 2.45) is 4.99 Å². The summed E-state index contributed by atoms with van der Waals surface area (Å²) in [4.78, 5) is 17.1. The summed E-state index contributed by atoms with van der Waals surface area (Å²) in [7, 11) is 0. The predicted octanol–water partition coefficient (Wildman–Crippen LogP) is 1.52. The molecule has 0 saturated carbocycles. The van der Waals surface area contributed by atoms with E-state index >= 15 is 0 Å². The third-order valence-corrected chi connectivity index (χ3v) is 3.63. The first-order valence-electron chi connectivity index (χ1n) is 7.54. The van der Waals surface area contributed by atoms with Crippen LogP contribution in [-0.4, -0.2) is 46.6 Å². The number of nitro groups is 1. The Balaban J connectivity index is 2.06. The van der Waals surface area contributed by atoms with Crippen molar-refractivity contribution in [1.29, 1.82) is 0 Å². The zero-order valence-electron chi connectivity index (χ0n) is 12.7. The van der Waals surface area contributed by atoms with E-state index in [1.54, 1.807) is 12.1 Å². The van der Waals surface area contributed by atoms with Crippen LogP contribution in [0, 0.1) is 10.1 Å². The summed E-state index contributed by atoms with van der Waals surface area (Å²) in [6.07, 6.45) is 1.25. The molecule has 1 aromatic carbocycles. The van der Waals surface area contributed by atoms with Crippen molar-refractivity contribution in [1.82, 2.24) is 10.2 Å². The minimum absolute atomic E-state index is 0.0822. The van der Waals surface area contributed by atoms with Gasteiger partial charge in [0.2, 0.25) is 0 Å². The molecule has 1 aliphatic rings. The van der Waals surface area contributed by atoms with Crippen LogP contribution in [0.5, 0.6) is 0 Å². The molecule has 0 amide bonds. The number of nitrogens with one attached hydrogen (secondary N) is 1. The van der Waals surface area contributed by atoms with Crippen LogP contribution in [0.15, 0.2) is 29.3 Å². The fraction of sp³-hybridized carbons (Fsp3) is 0.533. The predicted molar refractivity (Wildman–Crippen MR) is 84.7 cm³/mol. The van der Waals surface area contributed by atoms with Gasteiger partial charge in [-0.15, -0.1) is 0 Å². The van der Waals surface area contributed by atoms with Gasteiger partial charge in [0.1, 0.15) is 0 Å². The van der Waals surface area contributed by atoms with Crippen LogP contribution < -0.4 is 5.32 Å². The van der Waals surface area contributed by atoms with Gasteiger partial charge >= 0.3 is 0 Å². The van der Waals surface area contributed by atoms with Crippen LogP contribution in [0.3, 0.4) is 0 Å². The molecule has 0 radical (unpaired) electrons. The molecule has 1 saturated heterocycles. The Hall–Kier alpha value is -2.15. The van der Waals surface area contributed by atoms with Crippen LogP contribution >= 0.6 is 0 Å². The maximum Gasteiger partial charge on any atom is 0.269 e. The number of hydrogen-bond acceptors (Lipinski definition) is 4. The molecule has 1 fully saturated rings. The fourth-order valence-corrected chi connectivity index (χ4v) is 2.44. The van der Waals surface area contributed by atoms with Gasteiger partial charge in [-0.2, -0.15) is 0 Å². The summed E-state index contributed by atoms with van der Waals surface area (Å²) in [5, 5.41) is 23.6. The SMILES string of the molecule is CCNC(=NCc1cccc([N+](=O)[O-])c1)N1CCC(O)CC1. The Kier molecular flexibility index (Phi) is 5.71. The Morgan fingerprint density at radius 1 is 1.50 bits per heavy atom. The van der Waals surface area contributed by atoms with Crippen molar-refractivity contribution >= 4 is 11.6 Å². The topological polar surface area (TPSA) is 91.0 Å². The molecule has 0 aromatic heterocycles. The molecule has 0 spiro atoms. The standard InChI is InChI=1S/C15H22N4O3/c1-2-16-15(18-8-6-14(20)7-9-18)17-11-12-4-3-5-13(10-12)19(21)22/h3-5,10,14,20H,2,6-9,11H2,1H3,(H,16,17). The number of guanidine groups is 1. The molecule has 22 heavy (non-hydrogen) atoms. The van der Waals surface area contributed by atoms with Gasteiger partial charge in [0, 0.05) is 31.8 Å². The molecule has 1 heterocycles. The normalized spacial score (nSPS) is 16.6. The average Bonchev–Trinajstić information content (AvgIpc) is 2.52. The minimum atomic E-state index is -0.398. The third kappa shape index (κ3) is 4.42. The van der Waals surface area contributed by atoms with E-state index in [0.29, 0.717) is 6.54 Å². The quantitative estimate of drug-likeness (QED) is 0.381. The van der Waals surface area contributed by atoms with E-state index in [9.17, 15) is 15.2 Å². The Morgan fingerprint density at radius 3 is 2.86 bits per heavy atom. The van der Waals surface area contributed by atoms with Crippen LogP contribution in [0.25, 0.3) is 0 Å². The van der Waals surface area contributed by atoms with Crippen LogP contribution in [0.1, 0.15) is 25.3 Å². The van der Waals surface area contributed by atoms with Crippen LogP contribution in [0.4, 0.5) is 5.69 Å². The summed E-state index contributed by atoms with van der Waals surface area (Å²) in [6.45, 7) is 4.68. The minimum Gasteiger partial charge on any atom is -0.393 e. The lowest BCUT2D eigenvalue weighted by molar-refractivity contribution is -0.384. The van der Waals surface area contributed by atoms with Crippen molar-refractivity contribution in [3.8, 4) is 0 Å². The highest BCUT2D eigenvalue weighted by Gasteiger charge is 2.19. The van der Waals surface area contributed by atoms with Crippen molar-refractivity contribution in [2.45, 2.75) is 32.4 Å². The molecule has 7 nitrogen and oxygen atoms in total. The highest BCUT2D eigenvalue weighted by atomic mass is 16.6. The maximum absolute atomic E-state index is 10.8. The van der Waals surface area contributed by atoms with Gasteiger partial charge in [-0.25, -0.2) is 4.99 Å². The van der Waals surface area contributed by atoms with Gasteiger partial charge in [-0.3, -0.25) is 10.1 Å². The molecular weight excluding hydrogens is 284 g/mol. The second-order valence-electron chi connectivity index (χ2n) is 5.32. The molecule has 0 atom stereocenters. The monoisotopic (exact) mass is 306 g/mol. The number of nitro benzene ring substituents is 1. The van der Waals surface area contributed by atoms with E-state index in [4.69, 9.17) is 0 Å². The average molecular weight is 306 g/mol. The number of hydrogen-bond donors (Lipinski definition) is 2. The second-order valence-corrected chi connectivity index (χ2v) is 5.32. The van der Waals surface area contributed by atoms with E-state index in [1.165, 1.54) is 6.07 Å². The van der Waals surface area contributed by atoms with Crippen molar-refractivity contribution in [3.63, 3.8) is 0 Å². The Labute approximate surface area is 129 Å². The molecule has 0 unspecified atom stereocenters. The molecule has 120 valence electrons. The number of aliphatic hydroxyl groups is 1. The van der Waals surface area contributed by atoms with Gasteiger partial charge in [0.05, 0.1) is 17.6 Å².